The van der Waals surface area contributed by atoms with Crippen molar-refractivity contribution in [3.05, 3.63) is 12.2 Å². The summed E-state index contributed by atoms with van der Waals surface area (Å²) in [6.07, 6.45) is 63.7. The number of hydrogen-bond donors (Lipinski definition) is 0. The summed E-state index contributed by atoms with van der Waals surface area (Å²) < 4.78 is 16.8. The molecule has 390 valence electrons. The maximum absolute atomic E-state index is 12.8. The van der Waals surface area contributed by atoms with E-state index < -0.39 is 6.10 Å². The van der Waals surface area contributed by atoms with Gasteiger partial charge in [0.2, 0.25) is 0 Å². The van der Waals surface area contributed by atoms with Crippen LogP contribution in [-0.4, -0.2) is 37.2 Å². The van der Waals surface area contributed by atoms with Crippen molar-refractivity contribution < 1.29 is 28.6 Å². The van der Waals surface area contributed by atoms with E-state index in [2.05, 4.69) is 32.9 Å². The van der Waals surface area contributed by atoms with Crippen molar-refractivity contribution in [2.45, 2.75) is 341 Å². The Hall–Kier alpha value is -1.85. The third-order valence-electron chi connectivity index (χ3n) is 13.5. The first kappa shape index (κ1) is 64.2. The molecule has 0 heterocycles. The molecule has 0 rings (SSSR count). The van der Waals surface area contributed by atoms with Crippen molar-refractivity contribution in [1.29, 1.82) is 0 Å². The number of esters is 3. The monoisotopic (exact) mass is 931 g/mol. The fraction of sp³-hybridized carbons (Fsp3) is 0.917. The van der Waals surface area contributed by atoms with Crippen LogP contribution in [0.4, 0.5) is 0 Å². The van der Waals surface area contributed by atoms with Crippen LogP contribution in [0.2, 0.25) is 0 Å². The molecule has 0 saturated carbocycles. The number of allylic oxidation sites excluding steroid dienone is 2. The highest BCUT2D eigenvalue weighted by Gasteiger charge is 2.19. The van der Waals surface area contributed by atoms with Crippen molar-refractivity contribution in [2.24, 2.45) is 0 Å². The van der Waals surface area contributed by atoms with Crippen LogP contribution in [0.1, 0.15) is 335 Å². The fourth-order valence-corrected chi connectivity index (χ4v) is 9.03. The van der Waals surface area contributed by atoms with Crippen LogP contribution in [0.25, 0.3) is 0 Å². The molecule has 0 saturated heterocycles. The molecule has 0 spiro atoms. The zero-order valence-electron chi connectivity index (χ0n) is 44.7. The van der Waals surface area contributed by atoms with Crippen molar-refractivity contribution in [3.8, 4) is 0 Å². The lowest BCUT2D eigenvalue weighted by Crippen LogP contribution is -2.30. The molecule has 1 unspecified atom stereocenters. The van der Waals surface area contributed by atoms with E-state index in [1.54, 1.807) is 0 Å². The summed E-state index contributed by atoms with van der Waals surface area (Å²) in [7, 11) is 0. The van der Waals surface area contributed by atoms with Gasteiger partial charge in [-0.25, -0.2) is 0 Å². The second kappa shape index (κ2) is 55.7. The van der Waals surface area contributed by atoms with Gasteiger partial charge in [-0.15, -0.1) is 0 Å². The summed E-state index contributed by atoms with van der Waals surface area (Å²) >= 11 is 0. The van der Waals surface area contributed by atoms with Crippen molar-refractivity contribution in [3.63, 3.8) is 0 Å². The van der Waals surface area contributed by atoms with Gasteiger partial charge in [-0.2, -0.15) is 0 Å². The minimum atomic E-state index is -0.768. The largest absolute Gasteiger partial charge is 0.462 e. The average Bonchev–Trinajstić information content (AvgIpc) is 3.31. The molecule has 0 aliphatic carbocycles. The zero-order valence-corrected chi connectivity index (χ0v) is 44.7. The molecular weight excluding hydrogens is 817 g/mol. The second-order valence-electron chi connectivity index (χ2n) is 20.3. The van der Waals surface area contributed by atoms with Crippen molar-refractivity contribution >= 4 is 17.9 Å². The molecule has 0 aromatic heterocycles. The standard InChI is InChI=1S/C60H114O6/c1-4-7-10-13-16-19-21-23-25-27-28-29-30-31-32-33-35-36-38-41-44-47-50-53-59(62)65-56-57(55-64-58(61)52-49-46-43-40-18-15-12-9-6-3)66-60(63)54-51-48-45-42-39-37-34-26-24-22-20-17-14-11-8-5-2/h26,34,57H,4-25,27-33,35-56H2,1-3H3/b34-26-. The molecule has 0 fully saturated rings. The fourth-order valence-electron chi connectivity index (χ4n) is 9.03. The lowest BCUT2D eigenvalue weighted by Gasteiger charge is -2.18. The van der Waals surface area contributed by atoms with E-state index in [9.17, 15) is 14.4 Å². The first-order valence-electron chi connectivity index (χ1n) is 29.7. The summed E-state index contributed by atoms with van der Waals surface area (Å²) in [4.78, 5) is 38.0. The molecule has 0 amide bonds. The maximum atomic E-state index is 12.8. The topological polar surface area (TPSA) is 78.9 Å². The van der Waals surface area contributed by atoms with Gasteiger partial charge >= 0.3 is 17.9 Å². The number of hydrogen-bond acceptors (Lipinski definition) is 6. The second-order valence-corrected chi connectivity index (χ2v) is 20.3. The molecule has 6 heteroatoms. The summed E-state index contributed by atoms with van der Waals surface area (Å²) in [5, 5.41) is 0. The number of carbonyl (C=O) groups excluding carboxylic acids is 3. The molecule has 0 bridgehead atoms. The van der Waals surface area contributed by atoms with Crippen molar-refractivity contribution in [1.82, 2.24) is 0 Å². The Kier molecular flexibility index (Phi) is 54.2. The minimum Gasteiger partial charge on any atom is -0.462 e. The Labute approximate surface area is 411 Å². The van der Waals surface area contributed by atoms with E-state index in [-0.39, 0.29) is 31.1 Å². The number of unbranched alkanes of at least 4 members (excludes halogenated alkanes) is 42. The molecule has 0 N–H and O–H groups in total. The van der Waals surface area contributed by atoms with Gasteiger partial charge in [0.1, 0.15) is 13.2 Å². The van der Waals surface area contributed by atoms with Gasteiger partial charge in [0, 0.05) is 19.3 Å². The Balaban J connectivity index is 4.17. The van der Waals surface area contributed by atoms with E-state index in [4.69, 9.17) is 14.2 Å². The normalized spacial score (nSPS) is 12.0. The predicted octanol–water partition coefficient (Wildman–Crippen LogP) is 19.7. The first-order chi connectivity index (χ1) is 32.5. The van der Waals surface area contributed by atoms with E-state index in [1.807, 2.05) is 0 Å². The van der Waals surface area contributed by atoms with Gasteiger partial charge in [-0.3, -0.25) is 14.4 Å². The van der Waals surface area contributed by atoms with Gasteiger partial charge < -0.3 is 14.2 Å². The van der Waals surface area contributed by atoms with Crippen molar-refractivity contribution in [2.75, 3.05) is 13.2 Å². The van der Waals surface area contributed by atoms with Gasteiger partial charge in [-0.1, -0.05) is 283 Å². The van der Waals surface area contributed by atoms with E-state index in [0.29, 0.717) is 19.3 Å². The minimum absolute atomic E-state index is 0.0677. The van der Waals surface area contributed by atoms with Gasteiger partial charge in [0.15, 0.2) is 6.10 Å². The lowest BCUT2D eigenvalue weighted by atomic mass is 10.0. The zero-order chi connectivity index (χ0) is 47.9. The summed E-state index contributed by atoms with van der Waals surface area (Å²) in [6, 6.07) is 0. The van der Waals surface area contributed by atoms with Crippen LogP contribution in [0.3, 0.4) is 0 Å². The molecule has 66 heavy (non-hydrogen) atoms. The number of ether oxygens (including phenoxy) is 3. The van der Waals surface area contributed by atoms with E-state index in [0.717, 1.165) is 64.2 Å². The first-order valence-corrected chi connectivity index (χ1v) is 29.7. The van der Waals surface area contributed by atoms with Crippen LogP contribution in [0.15, 0.2) is 12.2 Å². The molecule has 6 nitrogen and oxygen atoms in total. The summed E-state index contributed by atoms with van der Waals surface area (Å²) in [5.41, 5.74) is 0. The SMILES string of the molecule is CCCCCCCCC/C=C\CCCCCCCC(=O)OC(COC(=O)CCCCCCCCCCC)COC(=O)CCCCCCCCCCCCCCCCCCCCCCCCC. The summed E-state index contributed by atoms with van der Waals surface area (Å²) in [5.74, 6) is -0.856. The van der Waals surface area contributed by atoms with Crippen LogP contribution >= 0.6 is 0 Å². The molecule has 0 aromatic rings. The highest BCUT2D eigenvalue weighted by Crippen LogP contribution is 2.17. The molecule has 0 radical (unpaired) electrons. The Morgan fingerprint density at radius 2 is 0.500 bits per heavy atom. The Morgan fingerprint density at radius 1 is 0.288 bits per heavy atom. The van der Waals surface area contributed by atoms with Gasteiger partial charge in [0.25, 0.3) is 0 Å². The quantitative estimate of drug-likeness (QED) is 0.0262. The van der Waals surface area contributed by atoms with Gasteiger partial charge in [-0.05, 0) is 44.9 Å². The van der Waals surface area contributed by atoms with Gasteiger partial charge in [0.05, 0.1) is 0 Å². The van der Waals surface area contributed by atoms with Crippen LogP contribution in [-0.2, 0) is 28.6 Å². The van der Waals surface area contributed by atoms with Crippen LogP contribution in [0.5, 0.6) is 0 Å². The Morgan fingerprint density at radius 3 is 0.758 bits per heavy atom. The molecule has 1 atom stereocenters. The molecule has 0 aliphatic rings. The van der Waals surface area contributed by atoms with E-state index >= 15 is 0 Å². The molecule has 0 aromatic carbocycles. The third kappa shape index (κ3) is 53.1. The lowest BCUT2D eigenvalue weighted by molar-refractivity contribution is -0.167. The predicted molar refractivity (Wildman–Crippen MR) is 284 cm³/mol. The number of rotatable bonds is 55. The third-order valence-corrected chi connectivity index (χ3v) is 13.5. The average molecular weight is 932 g/mol. The highest BCUT2D eigenvalue weighted by atomic mass is 16.6. The Bertz CT molecular complexity index is 1020. The summed E-state index contributed by atoms with van der Waals surface area (Å²) in [6.45, 7) is 6.67. The van der Waals surface area contributed by atoms with E-state index in [1.165, 1.54) is 231 Å². The maximum Gasteiger partial charge on any atom is 0.306 e. The van der Waals surface area contributed by atoms with Crippen LogP contribution < -0.4 is 0 Å². The van der Waals surface area contributed by atoms with Crippen LogP contribution in [0, 0.1) is 0 Å². The number of carbonyl (C=O) groups is 3. The highest BCUT2D eigenvalue weighted by molar-refractivity contribution is 5.71. The smallest absolute Gasteiger partial charge is 0.306 e. The molecule has 0 aliphatic heterocycles. The molecular formula is C60H114O6.